The molecule has 2 heterocycles. The van der Waals surface area contributed by atoms with Crippen LogP contribution in [-0.4, -0.2) is 48.2 Å². The summed E-state index contributed by atoms with van der Waals surface area (Å²) in [5.74, 6) is 0.760. The van der Waals surface area contributed by atoms with Crippen molar-refractivity contribution < 1.29 is 17.7 Å². The summed E-state index contributed by atoms with van der Waals surface area (Å²) in [4.78, 5) is 4.60. The average Bonchev–Trinajstić information content (AvgIpc) is 3.09. The zero-order valence-corrected chi connectivity index (χ0v) is 17.5. The lowest BCUT2D eigenvalue weighted by molar-refractivity contribution is -0.0440. The Bertz CT molecular complexity index is 935. The van der Waals surface area contributed by atoms with Crippen LogP contribution in [-0.2, 0) is 20.3 Å². The molecule has 1 saturated carbocycles. The fourth-order valence-electron chi connectivity index (χ4n) is 3.59. The summed E-state index contributed by atoms with van der Waals surface area (Å²) in [6.45, 7) is 4.41. The van der Waals surface area contributed by atoms with E-state index in [4.69, 9.17) is 15.0 Å². The first kappa shape index (κ1) is 21.2. The van der Waals surface area contributed by atoms with Gasteiger partial charge in [0.25, 0.3) is 5.89 Å². The highest BCUT2D eigenvalue weighted by molar-refractivity contribution is 7.89. The molecule has 0 radical (unpaired) electrons. The van der Waals surface area contributed by atoms with Crippen LogP contribution in [0.15, 0.2) is 33.7 Å². The van der Waals surface area contributed by atoms with Crippen LogP contribution in [0.3, 0.4) is 0 Å². The third-order valence-corrected chi connectivity index (χ3v) is 7.05. The molecule has 2 fully saturated rings. The van der Waals surface area contributed by atoms with E-state index >= 15 is 0 Å². The number of nitrogens with zero attached hydrogens (tertiary/aromatic N) is 3. The Hall–Kier alpha value is -1.52. The van der Waals surface area contributed by atoms with Gasteiger partial charge >= 0.3 is 0 Å². The maximum Gasteiger partial charge on any atom is 0.258 e. The molecular weight excluding hydrogens is 404 g/mol. The van der Waals surface area contributed by atoms with E-state index < -0.39 is 15.6 Å². The van der Waals surface area contributed by atoms with Crippen LogP contribution in [0.5, 0.6) is 0 Å². The van der Waals surface area contributed by atoms with E-state index in [2.05, 4.69) is 10.1 Å². The molecule has 2 aromatic rings. The molecule has 154 valence electrons. The molecule has 2 unspecified atom stereocenters. The molecule has 2 atom stereocenters. The van der Waals surface area contributed by atoms with Crippen molar-refractivity contribution in [3.8, 4) is 11.5 Å². The van der Waals surface area contributed by atoms with E-state index in [1.165, 1.54) is 4.31 Å². The summed E-state index contributed by atoms with van der Waals surface area (Å²) in [6, 6.07) is 6.59. The maximum absolute atomic E-state index is 13.1. The molecule has 8 nitrogen and oxygen atoms in total. The van der Waals surface area contributed by atoms with Crippen molar-refractivity contribution >= 4 is 22.4 Å². The molecule has 2 aliphatic rings. The van der Waals surface area contributed by atoms with Crippen molar-refractivity contribution in [2.45, 2.75) is 55.8 Å². The van der Waals surface area contributed by atoms with Gasteiger partial charge in [-0.1, -0.05) is 11.2 Å². The summed E-state index contributed by atoms with van der Waals surface area (Å²) in [5, 5.41) is 4.00. The quantitative estimate of drug-likeness (QED) is 0.794. The molecule has 1 aliphatic carbocycles. The highest BCUT2D eigenvalue weighted by atomic mass is 35.5. The molecular formula is C18H25ClN4O4S. The third kappa shape index (κ3) is 3.81. The summed E-state index contributed by atoms with van der Waals surface area (Å²) in [6.07, 6.45) is 2.41. The van der Waals surface area contributed by atoms with Crippen LogP contribution < -0.4 is 5.73 Å². The van der Waals surface area contributed by atoms with Gasteiger partial charge in [-0.3, -0.25) is 0 Å². The van der Waals surface area contributed by atoms with Gasteiger partial charge in [-0.25, -0.2) is 8.42 Å². The smallest absolute Gasteiger partial charge is 0.258 e. The zero-order valence-electron chi connectivity index (χ0n) is 15.9. The first-order valence-corrected chi connectivity index (χ1v) is 10.6. The van der Waals surface area contributed by atoms with Gasteiger partial charge in [-0.15, -0.1) is 12.4 Å². The fraction of sp³-hybridized carbons (Fsp3) is 0.556. The van der Waals surface area contributed by atoms with E-state index in [0.29, 0.717) is 24.5 Å². The van der Waals surface area contributed by atoms with Gasteiger partial charge in [0.15, 0.2) is 5.82 Å². The number of hydrogen-bond acceptors (Lipinski definition) is 7. The lowest BCUT2D eigenvalue weighted by atomic mass is 9.77. The summed E-state index contributed by atoms with van der Waals surface area (Å²) in [5.41, 5.74) is 6.28. The molecule has 10 heteroatoms. The number of rotatable bonds is 4. The summed E-state index contributed by atoms with van der Waals surface area (Å²) >= 11 is 0. The molecule has 1 aromatic heterocycles. The number of nitrogens with two attached hydrogens (primary N) is 1. The lowest BCUT2D eigenvalue weighted by Crippen LogP contribution is -2.48. The van der Waals surface area contributed by atoms with E-state index in [0.717, 1.165) is 19.3 Å². The highest BCUT2D eigenvalue weighted by Crippen LogP contribution is 2.37. The van der Waals surface area contributed by atoms with Gasteiger partial charge < -0.3 is 15.0 Å². The Balaban J connectivity index is 0.00000225. The number of halogens is 1. The van der Waals surface area contributed by atoms with Gasteiger partial charge in [0, 0.05) is 18.7 Å². The summed E-state index contributed by atoms with van der Waals surface area (Å²) in [7, 11) is -3.63. The first-order chi connectivity index (χ1) is 12.8. The largest absolute Gasteiger partial charge is 0.373 e. The van der Waals surface area contributed by atoms with Crippen LogP contribution in [0.1, 0.15) is 38.9 Å². The third-order valence-electron chi connectivity index (χ3n) is 5.22. The Morgan fingerprint density at radius 1 is 1.21 bits per heavy atom. The van der Waals surface area contributed by atoms with Crippen molar-refractivity contribution in [1.29, 1.82) is 0 Å². The standard InChI is InChI=1S/C18H24N4O4S.ClH/c1-12-10-22(11-13(2)25-12)27(23,24)15-6-3-5-14(9-15)16-20-17(21-26-16)18(19)7-4-8-18;/h3,5-6,9,12-13H,4,7-8,10-11,19H2,1-2H3;1H. The van der Waals surface area contributed by atoms with Crippen molar-refractivity contribution in [3.05, 3.63) is 30.1 Å². The second-order valence-corrected chi connectivity index (χ2v) is 9.48. The molecule has 1 aliphatic heterocycles. The van der Waals surface area contributed by atoms with Crippen molar-refractivity contribution in [1.82, 2.24) is 14.4 Å². The van der Waals surface area contributed by atoms with Gasteiger partial charge in [0.2, 0.25) is 10.0 Å². The molecule has 28 heavy (non-hydrogen) atoms. The van der Waals surface area contributed by atoms with Crippen LogP contribution in [0, 0.1) is 0 Å². The number of benzene rings is 1. The van der Waals surface area contributed by atoms with Crippen LogP contribution in [0.2, 0.25) is 0 Å². The molecule has 0 amide bonds. The molecule has 1 aromatic carbocycles. The van der Waals surface area contributed by atoms with Crippen LogP contribution >= 0.6 is 12.4 Å². The SMILES string of the molecule is CC1CN(S(=O)(=O)c2cccc(-c3nc(C4(N)CCC4)no3)c2)CC(C)O1.Cl. The highest BCUT2D eigenvalue weighted by Gasteiger charge is 2.39. The average molecular weight is 429 g/mol. The van der Waals surface area contributed by atoms with Gasteiger partial charge in [-0.05, 0) is 51.3 Å². The van der Waals surface area contributed by atoms with E-state index in [1.807, 2.05) is 13.8 Å². The number of aromatic nitrogens is 2. The van der Waals surface area contributed by atoms with Crippen molar-refractivity contribution in [2.24, 2.45) is 5.73 Å². The zero-order chi connectivity index (χ0) is 19.2. The van der Waals surface area contributed by atoms with Crippen LogP contribution in [0.25, 0.3) is 11.5 Å². The van der Waals surface area contributed by atoms with E-state index in [1.54, 1.807) is 24.3 Å². The van der Waals surface area contributed by atoms with Gasteiger partial charge in [0.05, 0.1) is 22.6 Å². The normalized spacial score (nSPS) is 25.0. The first-order valence-electron chi connectivity index (χ1n) is 9.17. The van der Waals surface area contributed by atoms with Crippen molar-refractivity contribution in [3.63, 3.8) is 0 Å². The van der Waals surface area contributed by atoms with E-state index in [-0.39, 0.29) is 35.4 Å². The Labute approximate surface area is 170 Å². The van der Waals surface area contributed by atoms with E-state index in [9.17, 15) is 8.42 Å². The second kappa shape index (κ2) is 7.72. The fourth-order valence-corrected chi connectivity index (χ4v) is 5.23. The maximum atomic E-state index is 13.1. The number of sulfonamides is 1. The minimum Gasteiger partial charge on any atom is -0.373 e. The second-order valence-electron chi connectivity index (χ2n) is 7.54. The minimum absolute atomic E-state index is 0. The Morgan fingerprint density at radius 3 is 2.50 bits per heavy atom. The Kier molecular flexibility index (Phi) is 5.84. The molecule has 4 rings (SSSR count). The van der Waals surface area contributed by atoms with Crippen molar-refractivity contribution in [2.75, 3.05) is 13.1 Å². The van der Waals surface area contributed by atoms with Gasteiger partial charge in [-0.2, -0.15) is 9.29 Å². The summed E-state index contributed by atoms with van der Waals surface area (Å²) < 4.78 is 38.6. The predicted octanol–water partition coefficient (Wildman–Crippen LogP) is 2.29. The van der Waals surface area contributed by atoms with Crippen LogP contribution in [0.4, 0.5) is 0 Å². The number of ether oxygens (including phenoxy) is 1. The monoisotopic (exact) mass is 428 g/mol. The minimum atomic E-state index is -3.63. The molecule has 0 spiro atoms. The molecule has 1 saturated heterocycles. The molecule has 2 N–H and O–H groups in total. The number of morpholine rings is 1. The van der Waals surface area contributed by atoms with Gasteiger partial charge in [0.1, 0.15) is 0 Å². The Morgan fingerprint density at radius 2 is 1.89 bits per heavy atom. The predicted molar refractivity (Wildman–Crippen MR) is 105 cm³/mol. The lowest BCUT2D eigenvalue weighted by Gasteiger charge is -2.34. The molecule has 0 bridgehead atoms. The number of hydrogen-bond donors (Lipinski definition) is 1. The topological polar surface area (TPSA) is 112 Å².